The van der Waals surface area contributed by atoms with Crippen LogP contribution in [0, 0.1) is 13.8 Å². The van der Waals surface area contributed by atoms with Crippen molar-refractivity contribution in [2.24, 2.45) is 0 Å². The van der Waals surface area contributed by atoms with Crippen LogP contribution in [-0.4, -0.2) is 4.70 Å². The maximum Gasteiger partial charge on any atom is 2.00 e. The molecule has 0 radical (unpaired) electrons. The summed E-state index contributed by atoms with van der Waals surface area (Å²) in [5.74, 6) is 0. The van der Waals surface area contributed by atoms with Gasteiger partial charge in [0.25, 0.3) is 0 Å². The average molecular weight is 686 g/mol. The third-order valence-electron chi connectivity index (χ3n) is 8.96. The van der Waals surface area contributed by atoms with E-state index < -0.39 is 0 Å². The second-order valence-electron chi connectivity index (χ2n) is 12.6. The molecule has 2 aromatic rings. The Morgan fingerprint density at radius 1 is 0.468 bits per heavy atom. The van der Waals surface area contributed by atoms with Crippen molar-refractivity contribution in [3.8, 4) is 0 Å². The third kappa shape index (κ3) is 15.8. The first-order valence-electron chi connectivity index (χ1n) is 19.2. The number of rotatable bonds is 22. The summed E-state index contributed by atoms with van der Waals surface area (Å²) in [7, 11) is 0. The molecule has 1 aliphatic heterocycles. The fourth-order valence-corrected chi connectivity index (χ4v) is 6.50. The minimum atomic E-state index is 0. The van der Waals surface area contributed by atoms with Gasteiger partial charge in [0.1, 0.15) is 0 Å². The number of unbranched alkanes of at least 4 members (excludes halogenated alkanes) is 12. The van der Waals surface area contributed by atoms with Crippen molar-refractivity contribution >= 4 is 11.4 Å². The minimum Gasteiger partial charge on any atom is -0.493 e. The molecule has 0 unspecified atom stereocenters. The average Bonchev–Trinajstić information content (AvgIpc) is 3.37. The maximum atomic E-state index is 12.1. The molecule has 0 fully saturated rings. The van der Waals surface area contributed by atoms with Crippen LogP contribution in [-0.2, 0) is 29.3 Å². The van der Waals surface area contributed by atoms with E-state index >= 15 is 0 Å². The summed E-state index contributed by atoms with van der Waals surface area (Å²) >= 11 is 0. The molecule has 0 spiro atoms. The van der Waals surface area contributed by atoms with Gasteiger partial charge in [-0.2, -0.15) is 13.8 Å². The van der Waals surface area contributed by atoms with Gasteiger partial charge in [0.05, 0.1) is 0 Å². The Morgan fingerprint density at radius 2 is 0.787 bits per heavy atom. The third-order valence-corrected chi connectivity index (χ3v) is 8.96. The second kappa shape index (κ2) is 29.0. The number of nitrogens with zero attached hydrogens (tertiary/aromatic N) is 2. The van der Waals surface area contributed by atoms with Gasteiger partial charge < -0.3 is 19.4 Å². The van der Waals surface area contributed by atoms with Crippen LogP contribution in [0.15, 0.2) is 59.7 Å². The van der Waals surface area contributed by atoms with Crippen molar-refractivity contribution in [3.63, 3.8) is 0 Å². The van der Waals surface area contributed by atoms with Crippen molar-refractivity contribution < 1.29 is 21.2 Å². The monoisotopic (exact) mass is 684 g/mol. The fraction of sp³-hybridized carbons (Fsp3) is 0.591. The van der Waals surface area contributed by atoms with E-state index in [-0.39, 0.29) is 16.5 Å². The van der Waals surface area contributed by atoms with Gasteiger partial charge in [0.15, 0.2) is 0 Å². The van der Waals surface area contributed by atoms with Crippen LogP contribution >= 0.6 is 0 Å². The van der Waals surface area contributed by atoms with E-state index in [1.165, 1.54) is 136 Å². The molecule has 0 atom stereocenters. The molecule has 2 nitrogen and oxygen atoms in total. The summed E-state index contributed by atoms with van der Waals surface area (Å²) in [6, 6.07) is 18.1. The first-order chi connectivity index (χ1) is 22.6. The molecule has 1 heterocycles. The van der Waals surface area contributed by atoms with E-state index in [9.17, 15) is 5.53 Å². The van der Waals surface area contributed by atoms with Gasteiger partial charge in [-0.15, -0.1) is 0 Å². The summed E-state index contributed by atoms with van der Waals surface area (Å²) in [6.07, 6.45) is 24.5. The second-order valence-corrected chi connectivity index (χ2v) is 12.6. The van der Waals surface area contributed by atoms with Gasteiger partial charge in [0, 0.05) is 22.3 Å². The molecule has 1 aliphatic rings. The molecule has 0 saturated heterocycles. The Balaban J connectivity index is 0.00000407. The number of allylic oxidation sites excluding steroid dienone is 2. The number of aryl methyl sites for hydroxylation is 2. The van der Waals surface area contributed by atoms with Crippen molar-refractivity contribution in [3.05, 3.63) is 101 Å². The van der Waals surface area contributed by atoms with E-state index in [4.69, 9.17) is 0 Å². The van der Waals surface area contributed by atoms with E-state index in [0.717, 1.165) is 37.1 Å². The molecule has 3 rings (SSSR count). The van der Waals surface area contributed by atoms with Crippen LogP contribution in [0.2, 0.25) is 0 Å². The van der Waals surface area contributed by atoms with Crippen LogP contribution in [0.1, 0.15) is 179 Å². The summed E-state index contributed by atoms with van der Waals surface area (Å²) in [6.45, 7) is 19.1. The van der Waals surface area contributed by atoms with Crippen LogP contribution in [0.5, 0.6) is 0 Å². The minimum absolute atomic E-state index is 0. The topological polar surface area (TPSA) is 25.3 Å². The standard InChI is InChI=1S/C40H60N2.2C2H5.Ni/c1-5-9-13-15-16-20-30-38-37(29-19-14-10-6-2)39(35-27-21-25-33(31-35)23-17-11-7-3)42(41)40(38)36-28-22-26-34(32-36)24-18-12-8-4;2*1-2;/h21-22,25-28,31-32H,5-20,23-24,29-30H2,1-4H3;2*1H2,2H3;/q;2*-1;+2. The van der Waals surface area contributed by atoms with Crippen molar-refractivity contribution in [2.45, 2.75) is 170 Å². The first-order valence-corrected chi connectivity index (χ1v) is 19.2. The Morgan fingerprint density at radius 3 is 1.19 bits per heavy atom. The van der Waals surface area contributed by atoms with E-state index in [0.29, 0.717) is 0 Å². The normalized spacial score (nSPS) is 12.4. The molecule has 3 heteroatoms. The van der Waals surface area contributed by atoms with Gasteiger partial charge in [-0.3, -0.25) is 0 Å². The molecule has 266 valence electrons. The Kier molecular flexibility index (Phi) is 27.8. The van der Waals surface area contributed by atoms with E-state index in [1.54, 1.807) is 18.5 Å². The van der Waals surface area contributed by atoms with E-state index in [1.807, 2.05) is 0 Å². The number of hydrogen-bond acceptors (Lipinski definition) is 0. The zero-order valence-corrected chi connectivity index (χ0v) is 32.4. The van der Waals surface area contributed by atoms with E-state index in [2.05, 4.69) is 90.1 Å². The summed E-state index contributed by atoms with van der Waals surface area (Å²) in [5.41, 5.74) is 22.1. The van der Waals surface area contributed by atoms with Crippen LogP contribution in [0.3, 0.4) is 0 Å². The van der Waals surface area contributed by atoms with Gasteiger partial charge in [-0.05, 0) is 86.8 Å². The van der Waals surface area contributed by atoms with Crippen LogP contribution in [0.25, 0.3) is 16.9 Å². The smallest absolute Gasteiger partial charge is 0.493 e. The Bertz CT molecular complexity index is 1160. The molecular formula is C44H70N2Ni. The number of benzene rings is 2. The Labute approximate surface area is 302 Å². The summed E-state index contributed by atoms with van der Waals surface area (Å²) in [4.78, 5) is 0. The molecule has 0 aliphatic carbocycles. The quantitative estimate of drug-likeness (QED) is 0.0510. The zero-order valence-electron chi connectivity index (χ0n) is 31.4. The SMILES string of the molecule is CCCCCCCCC1=C(c2cccc(CCCCC)c2)[N+](=[N-])C(c2cccc(CCCCC)c2)=C1CCCCCC.[CH2-]C.[CH2-]C.[Ni+2]. The van der Waals surface area contributed by atoms with Crippen molar-refractivity contribution in [1.82, 2.24) is 0 Å². The molecule has 0 aromatic heterocycles. The predicted molar refractivity (Wildman–Crippen MR) is 206 cm³/mol. The molecule has 0 bridgehead atoms. The van der Waals surface area contributed by atoms with Gasteiger partial charge in [-0.25, -0.2) is 4.70 Å². The molecule has 0 amide bonds. The van der Waals surface area contributed by atoms with Gasteiger partial charge >= 0.3 is 16.5 Å². The number of hydrogen-bond donors (Lipinski definition) is 0. The molecule has 0 saturated carbocycles. The van der Waals surface area contributed by atoms with Gasteiger partial charge in [-0.1, -0.05) is 129 Å². The zero-order chi connectivity index (χ0) is 34.0. The fourth-order valence-electron chi connectivity index (χ4n) is 6.50. The van der Waals surface area contributed by atoms with Crippen molar-refractivity contribution in [1.29, 1.82) is 0 Å². The first kappa shape index (κ1) is 45.0. The predicted octanol–water partition coefficient (Wildman–Crippen LogP) is 14.7. The van der Waals surface area contributed by atoms with Crippen molar-refractivity contribution in [2.75, 3.05) is 0 Å². The van der Waals surface area contributed by atoms with Crippen LogP contribution in [0.4, 0.5) is 0 Å². The molecule has 47 heavy (non-hydrogen) atoms. The van der Waals surface area contributed by atoms with Crippen LogP contribution < -0.4 is 0 Å². The van der Waals surface area contributed by atoms with Gasteiger partial charge in [0.2, 0.25) is 11.4 Å². The molecule has 2 aromatic carbocycles. The largest absolute Gasteiger partial charge is 2.00 e. The molecular weight excluding hydrogens is 615 g/mol. The maximum absolute atomic E-state index is 12.1. The summed E-state index contributed by atoms with van der Waals surface area (Å²) < 4.78 is 1.60. The summed E-state index contributed by atoms with van der Waals surface area (Å²) in [5, 5.41) is 0. The Hall–Kier alpha value is -1.99. The molecule has 0 N–H and O–H groups in total.